The minimum atomic E-state index is 0.788. The number of halogens is 1. The van der Waals surface area contributed by atoms with Crippen LogP contribution in [0.25, 0.3) is 0 Å². The minimum absolute atomic E-state index is 0.788. The van der Waals surface area contributed by atoms with Crippen LogP contribution in [0, 0.1) is 0 Å². The van der Waals surface area contributed by atoms with Crippen LogP contribution in [0.15, 0.2) is 11.6 Å². The third-order valence-electron chi connectivity index (χ3n) is 1.42. The number of rotatable bonds is 8. The Hall–Kier alpha value is -0.0500. The maximum Gasteiger partial charge on any atom is 0.0591 e. The number of nitrogens with one attached hydrogen (secondary N) is 1. The lowest BCUT2D eigenvalue weighted by Crippen LogP contribution is -2.19. The van der Waals surface area contributed by atoms with E-state index in [0.29, 0.717) is 0 Å². The first kappa shape index (κ1) is 11.9. The van der Waals surface area contributed by atoms with Crippen molar-refractivity contribution in [3.8, 4) is 0 Å². The van der Waals surface area contributed by atoms with E-state index in [9.17, 15) is 0 Å². The van der Waals surface area contributed by atoms with Gasteiger partial charge >= 0.3 is 0 Å². The highest BCUT2D eigenvalue weighted by Gasteiger charge is 1.86. The largest absolute Gasteiger partial charge is 0.380 e. The summed E-state index contributed by atoms with van der Waals surface area (Å²) in [6.07, 6.45) is 4.22. The molecule has 0 atom stereocenters. The predicted molar refractivity (Wildman–Crippen MR) is 53.6 cm³/mol. The molecule has 0 fully saturated rings. The Morgan fingerprint density at radius 1 is 1.42 bits per heavy atom. The summed E-state index contributed by atoms with van der Waals surface area (Å²) in [6.45, 7) is 5.54. The second kappa shape index (κ2) is 11.0. The SMILES string of the molecule is CCCCOCCNC/C=C/Cl. The van der Waals surface area contributed by atoms with E-state index in [0.717, 1.165) is 32.7 Å². The molecule has 0 amide bonds. The summed E-state index contributed by atoms with van der Waals surface area (Å²) in [5.74, 6) is 0. The molecular weight excluding hydrogens is 174 g/mol. The van der Waals surface area contributed by atoms with Crippen molar-refractivity contribution in [3.05, 3.63) is 11.6 Å². The maximum absolute atomic E-state index is 5.33. The van der Waals surface area contributed by atoms with Gasteiger partial charge in [0, 0.05) is 25.2 Å². The van der Waals surface area contributed by atoms with Gasteiger partial charge in [-0.15, -0.1) is 0 Å². The molecule has 0 aromatic heterocycles. The standard InChI is InChI=1S/C9H18ClNO/c1-2-3-8-12-9-7-11-6-4-5-10/h4-5,11H,2-3,6-9H2,1H3/b5-4+. The normalized spacial score (nSPS) is 11.2. The molecule has 0 saturated heterocycles. The Morgan fingerprint density at radius 3 is 2.92 bits per heavy atom. The molecule has 0 aromatic carbocycles. The molecule has 0 radical (unpaired) electrons. The van der Waals surface area contributed by atoms with Crippen LogP contribution < -0.4 is 5.32 Å². The van der Waals surface area contributed by atoms with E-state index in [4.69, 9.17) is 16.3 Å². The first-order valence-corrected chi connectivity index (χ1v) is 4.89. The van der Waals surface area contributed by atoms with Gasteiger partial charge in [-0.25, -0.2) is 0 Å². The molecule has 0 aromatic rings. The summed E-state index contributed by atoms with van der Waals surface area (Å²) >= 11 is 5.33. The van der Waals surface area contributed by atoms with Crippen LogP contribution in [0.4, 0.5) is 0 Å². The maximum atomic E-state index is 5.33. The Kier molecular flexibility index (Phi) is 10.9. The highest BCUT2D eigenvalue weighted by molar-refractivity contribution is 6.25. The summed E-state index contributed by atoms with van der Waals surface area (Å²) in [4.78, 5) is 0. The minimum Gasteiger partial charge on any atom is -0.380 e. The van der Waals surface area contributed by atoms with Crippen molar-refractivity contribution in [2.45, 2.75) is 19.8 Å². The van der Waals surface area contributed by atoms with E-state index >= 15 is 0 Å². The van der Waals surface area contributed by atoms with E-state index in [2.05, 4.69) is 12.2 Å². The van der Waals surface area contributed by atoms with Crippen molar-refractivity contribution >= 4 is 11.6 Å². The smallest absolute Gasteiger partial charge is 0.0591 e. The van der Waals surface area contributed by atoms with Gasteiger partial charge in [0.05, 0.1) is 6.61 Å². The van der Waals surface area contributed by atoms with Crippen molar-refractivity contribution in [1.82, 2.24) is 5.32 Å². The van der Waals surface area contributed by atoms with Gasteiger partial charge in [-0.2, -0.15) is 0 Å². The summed E-state index contributed by atoms with van der Waals surface area (Å²) in [5.41, 5.74) is 1.52. The summed E-state index contributed by atoms with van der Waals surface area (Å²) in [6, 6.07) is 0. The highest BCUT2D eigenvalue weighted by Crippen LogP contribution is 1.86. The molecule has 1 N–H and O–H groups in total. The van der Waals surface area contributed by atoms with E-state index in [-0.39, 0.29) is 0 Å². The van der Waals surface area contributed by atoms with Crippen LogP contribution in [-0.2, 0) is 4.74 Å². The molecule has 0 aliphatic rings. The van der Waals surface area contributed by atoms with Crippen LogP contribution >= 0.6 is 11.6 Å². The van der Waals surface area contributed by atoms with Gasteiger partial charge in [-0.05, 0) is 6.42 Å². The average molecular weight is 192 g/mol. The van der Waals surface area contributed by atoms with Crippen molar-refractivity contribution in [3.63, 3.8) is 0 Å². The average Bonchev–Trinajstić information content (AvgIpc) is 2.10. The summed E-state index contributed by atoms with van der Waals surface area (Å²) in [7, 11) is 0. The zero-order chi connectivity index (χ0) is 9.07. The van der Waals surface area contributed by atoms with Gasteiger partial charge in [-0.1, -0.05) is 31.0 Å². The van der Waals surface area contributed by atoms with Gasteiger partial charge in [0.1, 0.15) is 0 Å². The highest BCUT2D eigenvalue weighted by atomic mass is 35.5. The van der Waals surface area contributed by atoms with Gasteiger partial charge in [0.25, 0.3) is 0 Å². The van der Waals surface area contributed by atoms with Gasteiger partial charge < -0.3 is 10.1 Å². The zero-order valence-corrected chi connectivity index (χ0v) is 8.44. The Morgan fingerprint density at radius 2 is 2.25 bits per heavy atom. The first-order valence-electron chi connectivity index (χ1n) is 4.45. The molecule has 0 spiro atoms. The quantitative estimate of drug-likeness (QED) is 0.594. The molecule has 2 nitrogen and oxygen atoms in total. The molecule has 12 heavy (non-hydrogen) atoms. The fourth-order valence-corrected chi connectivity index (χ4v) is 0.812. The fourth-order valence-electron chi connectivity index (χ4n) is 0.723. The molecule has 0 saturated carbocycles. The lowest BCUT2D eigenvalue weighted by molar-refractivity contribution is 0.133. The summed E-state index contributed by atoms with van der Waals surface area (Å²) in [5, 5.41) is 3.17. The third-order valence-corrected chi connectivity index (χ3v) is 1.59. The van der Waals surface area contributed by atoms with Gasteiger partial charge in [0.15, 0.2) is 0 Å². The van der Waals surface area contributed by atoms with Gasteiger partial charge in [0.2, 0.25) is 0 Å². The van der Waals surface area contributed by atoms with Crippen LogP contribution in [0.2, 0.25) is 0 Å². The Balaban J connectivity index is 2.81. The molecule has 0 heterocycles. The van der Waals surface area contributed by atoms with Crippen LogP contribution in [0.5, 0.6) is 0 Å². The fraction of sp³-hybridized carbons (Fsp3) is 0.778. The second-order valence-electron chi connectivity index (χ2n) is 2.53. The topological polar surface area (TPSA) is 21.3 Å². The van der Waals surface area contributed by atoms with Crippen molar-refractivity contribution < 1.29 is 4.74 Å². The Bertz CT molecular complexity index is 107. The Labute approximate surface area is 79.9 Å². The molecule has 72 valence electrons. The van der Waals surface area contributed by atoms with Crippen molar-refractivity contribution in [2.24, 2.45) is 0 Å². The van der Waals surface area contributed by atoms with Gasteiger partial charge in [-0.3, -0.25) is 0 Å². The third kappa shape index (κ3) is 9.95. The molecule has 0 aliphatic heterocycles. The molecule has 0 aliphatic carbocycles. The first-order chi connectivity index (χ1) is 5.91. The lowest BCUT2D eigenvalue weighted by atomic mass is 10.4. The van der Waals surface area contributed by atoms with Crippen LogP contribution in [-0.4, -0.2) is 26.3 Å². The van der Waals surface area contributed by atoms with Crippen LogP contribution in [0.1, 0.15) is 19.8 Å². The molecule has 3 heteroatoms. The monoisotopic (exact) mass is 191 g/mol. The number of unbranched alkanes of at least 4 members (excludes halogenated alkanes) is 1. The van der Waals surface area contributed by atoms with Crippen LogP contribution in [0.3, 0.4) is 0 Å². The lowest BCUT2D eigenvalue weighted by Gasteiger charge is -2.02. The zero-order valence-electron chi connectivity index (χ0n) is 7.68. The number of ether oxygens (including phenoxy) is 1. The molecule has 0 unspecified atom stereocenters. The molecule has 0 bridgehead atoms. The van der Waals surface area contributed by atoms with Crippen molar-refractivity contribution in [1.29, 1.82) is 0 Å². The molecular formula is C9H18ClNO. The summed E-state index contributed by atoms with van der Waals surface area (Å²) < 4.78 is 5.33. The van der Waals surface area contributed by atoms with Crippen molar-refractivity contribution in [2.75, 3.05) is 26.3 Å². The van der Waals surface area contributed by atoms with E-state index < -0.39 is 0 Å². The second-order valence-corrected chi connectivity index (χ2v) is 2.78. The van der Waals surface area contributed by atoms with E-state index in [1.165, 1.54) is 12.0 Å². The molecule has 0 rings (SSSR count). The van der Waals surface area contributed by atoms with E-state index in [1.807, 2.05) is 6.08 Å². The predicted octanol–water partition coefficient (Wildman–Crippen LogP) is 2.15. The number of hydrogen-bond donors (Lipinski definition) is 1. The van der Waals surface area contributed by atoms with E-state index in [1.54, 1.807) is 0 Å². The number of hydrogen-bond acceptors (Lipinski definition) is 2.